The number of ketones is 1. The van der Waals surface area contributed by atoms with Crippen molar-refractivity contribution in [1.82, 2.24) is 0 Å². The number of likely N-dealkylation sites (N-methyl/N-ethyl adjacent to an activating group) is 1. The maximum Gasteiger partial charge on any atom is 0.472 e. The molecule has 1 unspecified atom stereocenters. The predicted octanol–water partition coefficient (Wildman–Crippen LogP) is 10.5. The molecule has 1 saturated carbocycles. The van der Waals surface area contributed by atoms with Gasteiger partial charge in [-0.15, -0.1) is 0 Å². The van der Waals surface area contributed by atoms with Crippen LogP contribution in [0.2, 0.25) is 0 Å². The number of quaternary nitrogens is 1. The van der Waals surface area contributed by atoms with Gasteiger partial charge in [0, 0.05) is 43.9 Å². The van der Waals surface area contributed by atoms with Crippen molar-refractivity contribution in [3.63, 3.8) is 0 Å². The number of carbonyl (C=O) groups excluding carboxylic acids is 3. The van der Waals surface area contributed by atoms with Crippen molar-refractivity contribution < 1.29 is 62.2 Å². The number of aliphatic hydroxyl groups excluding tert-OH is 3. The third-order valence-corrected chi connectivity index (χ3v) is 13.3. The zero-order valence-corrected chi connectivity index (χ0v) is 42.0. The van der Waals surface area contributed by atoms with Gasteiger partial charge in [0.15, 0.2) is 6.10 Å². The molecule has 13 nitrogen and oxygen atoms in total. The van der Waals surface area contributed by atoms with E-state index in [1.165, 1.54) is 96.3 Å². The van der Waals surface area contributed by atoms with Crippen LogP contribution >= 0.6 is 7.82 Å². The number of rotatable bonds is 43. The van der Waals surface area contributed by atoms with Crippen molar-refractivity contribution in [3.8, 4) is 0 Å². The van der Waals surface area contributed by atoms with Gasteiger partial charge >= 0.3 is 19.8 Å². The first-order valence-electron chi connectivity index (χ1n) is 25.6. The monoisotopic (exact) mass is 933 g/mol. The number of phosphoric acid groups is 1. The molecule has 4 N–H and O–H groups in total. The van der Waals surface area contributed by atoms with Crippen LogP contribution in [0.15, 0.2) is 12.2 Å². The van der Waals surface area contributed by atoms with E-state index in [-0.39, 0.29) is 51.1 Å². The standard InChI is InChI=1S/C50H94NO12P/c1-6-8-10-11-12-13-14-15-16-17-18-19-20-21-22-23-24-25-27-33-50(57)63-44(41-62-64(58,59)61-37-36-51(3,4)5)40-60-49(56)32-29-28-31-43(53)38-46-45(47(54)39-48(46)55)35-34-42(52)30-26-9-7-2/h34-35,42,44-48,52,54-55H,6-33,36-41H2,1-5H3/p+1/b35-34+/t42-,44+,45+,46+,47+,48-/m0/s1. The molecule has 0 aromatic carbocycles. The fourth-order valence-corrected chi connectivity index (χ4v) is 8.93. The summed E-state index contributed by atoms with van der Waals surface area (Å²) in [6.07, 6.45) is 28.9. The summed E-state index contributed by atoms with van der Waals surface area (Å²) in [4.78, 5) is 48.6. The summed E-state index contributed by atoms with van der Waals surface area (Å²) in [5, 5.41) is 31.4. The lowest BCUT2D eigenvalue weighted by molar-refractivity contribution is -0.870. The van der Waals surface area contributed by atoms with Crippen molar-refractivity contribution in [1.29, 1.82) is 0 Å². The molecular weight excluding hydrogens is 838 g/mol. The minimum absolute atomic E-state index is 0.00681. The number of carbonyl (C=O) groups is 3. The Balaban J connectivity index is 2.42. The summed E-state index contributed by atoms with van der Waals surface area (Å²) in [6, 6.07) is 0. The van der Waals surface area contributed by atoms with Crippen LogP contribution in [0.4, 0.5) is 0 Å². The Bertz CT molecular complexity index is 1280. The highest BCUT2D eigenvalue weighted by molar-refractivity contribution is 7.47. The van der Waals surface area contributed by atoms with Crippen molar-refractivity contribution in [3.05, 3.63) is 12.2 Å². The molecule has 0 radical (unpaired) electrons. The highest BCUT2D eigenvalue weighted by Crippen LogP contribution is 2.43. The van der Waals surface area contributed by atoms with E-state index in [1.54, 1.807) is 12.2 Å². The van der Waals surface area contributed by atoms with Crippen molar-refractivity contribution in [2.75, 3.05) is 47.5 Å². The van der Waals surface area contributed by atoms with E-state index in [4.69, 9.17) is 18.5 Å². The number of hydrogen-bond acceptors (Lipinski definition) is 11. The average Bonchev–Trinajstić information content (AvgIpc) is 3.49. The van der Waals surface area contributed by atoms with Gasteiger partial charge in [0.1, 0.15) is 25.5 Å². The fourth-order valence-electron chi connectivity index (χ4n) is 8.19. The number of esters is 2. The van der Waals surface area contributed by atoms with Crippen molar-refractivity contribution >= 4 is 25.5 Å². The molecule has 0 bridgehead atoms. The van der Waals surface area contributed by atoms with Crippen LogP contribution in [0.5, 0.6) is 0 Å². The summed E-state index contributed by atoms with van der Waals surface area (Å²) < 4.78 is 34.3. The molecule has 0 saturated heterocycles. The number of aliphatic hydroxyl groups is 3. The average molecular weight is 933 g/mol. The van der Waals surface area contributed by atoms with E-state index in [2.05, 4.69) is 13.8 Å². The number of hydrogen-bond donors (Lipinski definition) is 4. The first-order valence-corrected chi connectivity index (χ1v) is 27.1. The van der Waals surface area contributed by atoms with E-state index < -0.39 is 62.6 Å². The summed E-state index contributed by atoms with van der Waals surface area (Å²) in [5.74, 6) is -2.04. The molecule has 1 rings (SSSR count). The zero-order chi connectivity index (χ0) is 47.5. The van der Waals surface area contributed by atoms with E-state index >= 15 is 0 Å². The van der Waals surface area contributed by atoms with Crippen LogP contribution in [-0.4, -0.2) is 114 Å². The highest BCUT2D eigenvalue weighted by atomic mass is 31.2. The molecule has 0 spiro atoms. The van der Waals surface area contributed by atoms with E-state index in [9.17, 15) is 39.2 Å². The number of phosphoric ester groups is 1. The molecule has 7 atom stereocenters. The van der Waals surface area contributed by atoms with Crippen LogP contribution < -0.4 is 0 Å². The minimum atomic E-state index is -4.47. The second kappa shape index (κ2) is 37.3. The first kappa shape index (κ1) is 60.3. The SMILES string of the molecule is CCCCCCCCCCCCCCCCCCCCCC(=O)O[C@H](COC(=O)CCCCC(=O)C[C@@H]1[C@@H](/C=C/[C@@H](O)CCCCC)[C@H](O)C[C@@H]1O)COP(=O)(O)OCC[N+](C)(C)C. The molecule has 1 fully saturated rings. The zero-order valence-electron chi connectivity index (χ0n) is 41.1. The van der Waals surface area contributed by atoms with Gasteiger partial charge < -0.3 is 34.2 Å². The van der Waals surface area contributed by atoms with Crippen LogP contribution in [0, 0.1) is 11.8 Å². The predicted molar refractivity (Wildman–Crippen MR) is 254 cm³/mol. The molecule has 64 heavy (non-hydrogen) atoms. The first-order chi connectivity index (χ1) is 30.6. The van der Waals surface area contributed by atoms with E-state index in [0.29, 0.717) is 36.7 Å². The lowest BCUT2D eigenvalue weighted by Gasteiger charge is -2.24. The largest absolute Gasteiger partial charge is 0.472 e. The maximum atomic E-state index is 12.9. The molecular formula is C50H95NO12P+. The molecule has 0 aliphatic heterocycles. The number of nitrogens with zero attached hydrogens (tertiary/aromatic N) is 1. The maximum absolute atomic E-state index is 12.9. The minimum Gasteiger partial charge on any atom is -0.462 e. The molecule has 376 valence electrons. The number of ether oxygens (including phenoxy) is 2. The van der Waals surface area contributed by atoms with E-state index in [0.717, 1.165) is 38.5 Å². The summed E-state index contributed by atoms with van der Waals surface area (Å²) in [5.41, 5.74) is 0. The quantitative estimate of drug-likeness (QED) is 0.0149. The van der Waals surface area contributed by atoms with Gasteiger partial charge in [0.05, 0.1) is 46.1 Å². The summed E-state index contributed by atoms with van der Waals surface area (Å²) in [6.45, 7) is 3.92. The highest BCUT2D eigenvalue weighted by Gasteiger charge is 2.41. The van der Waals surface area contributed by atoms with Crippen LogP contribution in [0.3, 0.4) is 0 Å². The van der Waals surface area contributed by atoms with E-state index in [1.807, 2.05) is 21.1 Å². The Labute approximate surface area is 389 Å². The second-order valence-corrected chi connectivity index (χ2v) is 21.0. The topological polar surface area (TPSA) is 186 Å². The lowest BCUT2D eigenvalue weighted by atomic mass is 9.87. The Kier molecular flexibility index (Phi) is 35.2. The van der Waals surface area contributed by atoms with Crippen LogP contribution in [0.25, 0.3) is 0 Å². The number of unbranched alkanes of at least 4 members (excludes halogenated alkanes) is 21. The molecule has 1 aliphatic carbocycles. The third kappa shape index (κ3) is 33.7. The van der Waals surface area contributed by atoms with Gasteiger partial charge in [-0.1, -0.05) is 161 Å². The number of Topliss-reactive ketones (excluding diaryl/α,β-unsaturated/α-hetero) is 1. The van der Waals surface area contributed by atoms with Crippen LogP contribution in [0.1, 0.15) is 206 Å². The molecule has 0 aromatic rings. The smallest absolute Gasteiger partial charge is 0.462 e. The van der Waals surface area contributed by atoms with Crippen molar-refractivity contribution in [2.24, 2.45) is 11.8 Å². The third-order valence-electron chi connectivity index (χ3n) is 12.3. The van der Waals surface area contributed by atoms with Gasteiger partial charge in [-0.3, -0.25) is 23.4 Å². The van der Waals surface area contributed by atoms with Crippen LogP contribution in [-0.2, 0) is 37.5 Å². The lowest BCUT2D eigenvalue weighted by Crippen LogP contribution is -2.37. The molecule has 0 heterocycles. The Morgan fingerprint density at radius 3 is 1.69 bits per heavy atom. The molecule has 14 heteroatoms. The van der Waals surface area contributed by atoms with Gasteiger partial charge in [0.2, 0.25) is 0 Å². The normalized spacial score (nSPS) is 19.8. The Hall–Kier alpha value is -1.70. The summed E-state index contributed by atoms with van der Waals surface area (Å²) in [7, 11) is 1.29. The van der Waals surface area contributed by atoms with Gasteiger partial charge in [-0.25, -0.2) is 4.57 Å². The molecule has 0 amide bonds. The Morgan fingerprint density at radius 1 is 0.656 bits per heavy atom. The molecule has 1 aliphatic rings. The van der Waals surface area contributed by atoms with Crippen molar-refractivity contribution in [2.45, 2.75) is 231 Å². The summed E-state index contributed by atoms with van der Waals surface area (Å²) >= 11 is 0. The van der Waals surface area contributed by atoms with Gasteiger partial charge in [0.25, 0.3) is 0 Å². The van der Waals surface area contributed by atoms with Gasteiger partial charge in [-0.2, -0.15) is 0 Å². The fraction of sp³-hybridized carbons (Fsp3) is 0.900. The van der Waals surface area contributed by atoms with Gasteiger partial charge in [-0.05, 0) is 25.7 Å². The Morgan fingerprint density at radius 2 is 1.14 bits per heavy atom. The second-order valence-electron chi connectivity index (χ2n) is 19.5. The molecule has 0 aromatic heterocycles.